The molecular weight excluding hydrogens is 386 g/mol. The van der Waals surface area contributed by atoms with Gasteiger partial charge >= 0.3 is 0 Å². The van der Waals surface area contributed by atoms with Crippen LogP contribution in [0.2, 0.25) is 0 Å². The molecule has 1 saturated heterocycles. The first kappa shape index (κ1) is 21.6. The summed E-state index contributed by atoms with van der Waals surface area (Å²) >= 11 is 0. The van der Waals surface area contributed by atoms with Gasteiger partial charge in [0, 0.05) is 12.0 Å². The second kappa shape index (κ2) is 9.23. The van der Waals surface area contributed by atoms with Gasteiger partial charge in [0.25, 0.3) is 5.91 Å². The van der Waals surface area contributed by atoms with Crippen molar-refractivity contribution in [1.82, 2.24) is 9.91 Å². The van der Waals surface area contributed by atoms with Gasteiger partial charge in [-0.15, -0.1) is 0 Å². The molecular formula is C26H33N3O2. The molecule has 2 aromatic rings. The van der Waals surface area contributed by atoms with Crippen molar-refractivity contribution in [2.45, 2.75) is 46.1 Å². The van der Waals surface area contributed by atoms with Gasteiger partial charge in [0.05, 0.1) is 25.4 Å². The van der Waals surface area contributed by atoms with E-state index in [4.69, 9.17) is 9.84 Å². The molecule has 2 aliphatic rings. The van der Waals surface area contributed by atoms with Crippen LogP contribution in [0.1, 0.15) is 54.5 Å². The molecule has 0 saturated carbocycles. The third kappa shape index (κ3) is 4.67. The number of hydrogen-bond acceptors (Lipinski definition) is 4. The molecule has 4 rings (SSSR count). The highest BCUT2D eigenvalue weighted by atomic mass is 16.5. The number of likely N-dealkylation sites (tertiary alicyclic amines) is 1. The van der Waals surface area contributed by atoms with Crippen LogP contribution in [0, 0.1) is 19.8 Å². The zero-order valence-electron chi connectivity index (χ0n) is 19.1. The van der Waals surface area contributed by atoms with Crippen molar-refractivity contribution in [3.63, 3.8) is 0 Å². The van der Waals surface area contributed by atoms with Gasteiger partial charge in [0.2, 0.25) is 0 Å². The molecule has 2 aliphatic heterocycles. The first-order chi connectivity index (χ1) is 15.0. The first-order valence-corrected chi connectivity index (χ1v) is 11.3. The van der Waals surface area contributed by atoms with Gasteiger partial charge in [-0.05, 0) is 74.5 Å². The van der Waals surface area contributed by atoms with E-state index >= 15 is 0 Å². The molecule has 2 aromatic carbocycles. The van der Waals surface area contributed by atoms with Gasteiger partial charge in [-0.2, -0.15) is 5.10 Å². The predicted octanol–water partition coefficient (Wildman–Crippen LogP) is 4.72. The Morgan fingerprint density at radius 1 is 1.10 bits per heavy atom. The smallest absolute Gasteiger partial charge is 0.257 e. The third-order valence-electron chi connectivity index (χ3n) is 6.74. The zero-order valence-corrected chi connectivity index (χ0v) is 19.1. The van der Waals surface area contributed by atoms with Crippen molar-refractivity contribution in [1.29, 1.82) is 0 Å². The second-order valence-corrected chi connectivity index (χ2v) is 9.00. The average Bonchev–Trinajstić information content (AvgIpc) is 3.22. The number of carbonyl (C=O) groups excluding carboxylic acids is 1. The number of hydrazone groups is 1. The zero-order chi connectivity index (χ0) is 22.0. The predicted molar refractivity (Wildman–Crippen MR) is 124 cm³/mol. The van der Waals surface area contributed by atoms with Crippen LogP contribution in [0.3, 0.4) is 0 Å². The van der Waals surface area contributed by atoms with E-state index in [0.717, 1.165) is 54.4 Å². The van der Waals surface area contributed by atoms with Crippen LogP contribution in [0.4, 0.5) is 0 Å². The normalized spacial score (nSPS) is 20.1. The maximum atomic E-state index is 13.4. The molecule has 0 bridgehead atoms. The van der Waals surface area contributed by atoms with E-state index in [1.165, 1.54) is 11.1 Å². The molecule has 164 valence electrons. The van der Waals surface area contributed by atoms with Crippen molar-refractivity contribution >= 4 is 11.6 Å². The summed E-state index contributed by atoms with van der Waals surface area (Å²) in [5, 5.41) is 6.57. The minimum atomic E-state index is -0.149. The molecule has 1 unspecified atom stereocenters. The van der Waals surface area contributed by atoms with Gasteiger partial charge in [-0.1, -0.05) is 37.3 Å². The average molecular weight is 420 g/mol. The van der Waals surface area contributed by atoms with Crippen LogP contribution < -0.4 is 4.74 Å². The third-order valence-corrected chi connectivity index (χ3v) is 6.74. The topological polar surface area (TPSA) is 45.1 Å². The summed E-state index contributed by atoms with van der Waals surface area (Å²) in [5.74, 6) is 1.60. The van der Waals surface area contributed by atoms with E-state index in [1.807, 2.05) is 24.3 Å². The number of piperidine rings is 1. The Bertz CT molecular complexity index is 976. The standard InChI is InChI=1S/C26H33N3O2/c1-18-11-13-28(14-12-18)17-26(30)29-24(22-7-5-6-8-25(22)31-4)16-23(27-29)21-10-9-19(2)20(3)15-21/h5-10,15,18,24H,11-14,16-17H2,1-4H3. The highest BCUT2D eigenvalue weighted by Crippen LogP contribution is 2.37. The highest BCUT2D eigenvalue weighted by molar-refractivity contribution is 6.03. The lowest BCUT2D eigenvalue weighted by atomic mass is 9.96. The lowest BCUT2D eigenvalue weighted by Gasteiger charge is -2.31. The van der Waals surface area contributed by atoms with Gasteiger partial charge in [-0.3, -0.25) is 9.69 Å². The summed E-state index contributed by atoms with van der Waals surface area (Å²) in [6.45, 7) is 8.90. The quantitative estimate of drug-likeness (QED) is 0.704. The number of amides is 1. The van der Waals surface area contributed by atoms with Crippen LogP contribution in [0.5, 0.6) is 5.75 Å². The van der Waals surface area contributed by atoms with Crippen LogP contribution in [0.15, 0.2) is 47.6 Å². The maximum absolute atomic E-state index is 13.4. The van der Waals surface area contributed by atoms with Crippen molar-refractivity contribution in [2.75, 3.05) is 26.7 Å². The van der Waals surface area contributed by atoms with E-state index in [0.29, 0.717) is 13.0 Å². The number of hydrogen-bond donors (Lipinski definition) is 0. The number of nitrogens with zero attached hydrogens (tertiary/aromatic N) is 3. The Kier molecular flexibility index (Phi) is 6.42. The number of aryl methyl sites for hydroxylation is 2. The Balaban J connectivity index is 1.63. The summed E-state index contributed by atoms with van der Waals surface area (Å²) in [6, 6.07) is 14.2. The van der Waals surface area contributed by atoms with Gasteiger partial charge in [0.1, 0.15) is 5.75 Å². The number of rotatable bonds is 5. The molecule has 0 aliphatic carbocycles. The Labute approximate surface area is 185 Å². The van der Waals surface area contributed by atoms with Gasteiger partial charge in [0.15, 0.2) is 0 Å². The fourth-order valence-corrected chi connectivity index (χ4v) is 4.50. The number of carbonyl (C=O) groups is 1. The fraction of sp³-hybridized carbons (Fsp3) is 0.462. The molecule has 1 amide bonds. The molecule has 0 N–H and O–H groups in total. The molecule has 0 spiro atoms. The van der Waals surface area contributed by atoms with Crippen LogP contribution in [0.25, 0.3) is 0 Å². The molecule has 1 fully saturated rings. The van der Waals surface area contributed by atoms with Crippen molar-refractivity contribution in [3.05, 3.63) is 64.7 Å². The monoisotopic (exact) mass is 419 g/mol. The first-order valence-electron chi connectivity index (χ1n) is 11.3. The lowest BCUT2D eigenvalue weighted by molar-refractivity contribution is -0.134. The Hall–Kier alpha value is -2.66. The highest BCUT2D eigenvalue weighted by Gasteiger charge is 2.35. The second-order valence-electron chi connectivity index (χ2n) is 9.00. The number of benzene rings is 2. The van der Waals surface area contributed by atoms with Crippen LogP contribution >= 0.6 is 0 Å². The molecule has 5 nitrogen and oxygen atoms in total. The number of methoxy groups -OCH3 is 1. The minimum absolute atomic E-state index is 0.0595. The molecule has 0 radical (unpaired) electrons. The van der Waals surface area contributed by atoms with E-state index in [9.17, 15) is 4.79 Å². The molecule has 5 heteroatoms. The van der Waals surface area contributed by atoms with Gasteiger partial charge < -0.3 is 4.74 Å². The molecule has 1 atom stereocenters. The van der Waals surface area contributed by atoms with Crippen molar-refractivity contribution < 1.29 is 9.53 Å². The lowest BCUT2D eigenvalue weighted by Crippen LogP contribution is -2.41. The Morgan fingerprint density at radius 2 is 1.84 bits per heavy atom. The van der Waals surface area contributed by atoms with Crippen LogP contribution in [-0.2, 0) is 4.79 Å². The molecule has 31 heavy (non-hydrogen) atoms. The summed E-state index contributed by atoms with van der Waals surface area (Å²) < 4.78 is 5.62. The van der Waals surface area contributed by atoms with E-state index in [-0.39, 0.29) is 11.9 Å². The maximum Gasteiger partial charge on any atom is 0.257 e. The number of ether oxygens (including phenoxy) is 1. The molecule has 2 heterocycles. The van der Waals surface area contributed by atoms with Gasteiger partial charge in [-0.25, -0.2) is 5.01 Å². The van der Waals surface area contributed by atoms with E-state index in [2.05, 4.69) is 43.9 Å². The largest absolute Gasteiger partial charge is 0.496 e. The van der Waals surface area contributed by atoms with Crippen LogP contribution in [-0.4, -0.2) is 48.3 Å². The minimum Gasteiger partial charge on any atom is -0.496 e. The summed E-state index contributed by atoms with van der Waals surface area (Å²) in [4.78, 5) is 15.7. The molecule has 0 aromatic heterocycles. The summed E-state index contributed by atoms with van der Waals surface area (Å²) in [5.41, 5.74) is 5.55. The summed E-state index contributed by atoms with van der Waals surface area (Å²) in [6.07, 6.45) is 2.99. The SMILES string of the molecule is COc1ccccc1C1CC(c2ccc(C)c(C)c2)=NN1C(=O)CN1CCC(C)CC1. The summed E-state index contributed by atoms with van der Waals surface area (Å²) in [7, 11) is 1.68. The van der Waals surface area contributed by atoms with E-state index < -0.39 is 0 Å². The number of para-hydroxylation sites is 1. The van der Waals surface area contributed by atoms with E-state index in [1.54, 1.807) is 12.1 Å². The fourth-order valence-electron chi connectivity index (χ4n) is 4.50. The van der Waals surface area contributed by atoms with Crippen molar-refractivity contribution in [2.24, 2.45) is 11.0 Å². The Morgan fingerprint density at radius 3 is 2.55 bits per heavy atom. The van der Waals surface area contributed by atoms with Crippen molar-refractivity contribution in [3.8, 4) is 5.75 Å².